The van der Waals surface area contributed by atoms with Crippen molar-refractivity contribution in [3.05, 3.63) is 66.4 Å². The van der Waals surface area contributed by atoms with Gasteiger partial charge in [-0.1, -0.05) is 18.2 Å². The lowest BCUT2D eigenvalue weighted by Gasteiger charge is -2.27. The number of rotatable bonds is 6. The van der Waals surface area contributed by atoms with Gasteiger partial charge in [-0.15, -0.1) is 5.10 Å². The van der Waals surface area contributed by atoms with Gasteiger partial charge in [0.15, 0.2) is 0 Å². The summed E-state index contributed by atoms with van der Waals surface area (Å²) in [5, 5.41) is 11.0. The molecule has 4 aromatic rings. The summed E-state index contributed by atoms with van der Waals surface area (Å²) < 4.78 is 27.4. The Balaban J connectivity index is 1.47. The Morgan fingerprint density at radius 3 is 2.73 bits per heavy atom. The van der Waals surface area contributed by atoms with E-state index in [0.29, 0.717) is 18.2 Å². The Bertz CT molecular complexity index is 1270. The predicted molar refractivity (Wildman–Crippen MR) is 126 cm³/mol. The zero-order chi connectivity index (χ0) is 22.8. The van der Waals surface area contributed by atoms with E-state index < -0.39 is 6.17 Å². The van der Waals surface area contributed by atoms with Crippen LogP contribution in [0.4, 0.5) is 16.0 Å². The molecule has 0 unspecified atom stereocenters. The summed E-state index contributed by atoms with van der Waals surface area (Å²) >= 11 is 0. The van der Waals surface area contributed by atoms with Crippen molar-refractivity contribution in [2.24, 2.45) is 0 Å². The fourth-order valence-electron chi connectivity index (χ4n) is 4.38. The van der Waals surface area contributed by atoms with Crippen molar-refractivity contribution in [1.29, 1.82) is 0 Å². The van der Waals surface area contributed by atoms with Crippen molar-refractivity contribution in [3.8, 4) is 22.8 Å². The van der Waals surface area contributed by atoms with E-state index in [2.05, 4.69) is 15.6 Å². The molecule has 170 valence electrons. The lowest BCUT2D eigenvalue weighted by Crippen LogP contribution is -2.36. The van der Waals surface area contributed by atoms with Crippen molar-refractivity contribution in [2.75, 3.05) is 32.6 Å². The van der Waals surface area contributed by atoms with Crippen LogP contribution in [0.25, 0.3) is 16.8 Å². The molecule has 1 aliphatic rings. The first-order valence-corrected chi connectivity index (χ1v) is 11.0. The highest BCUT2D eigenvalue weighted by molar-refractivity contribution is 5.72. The Hall–Kier alpha value is -3.65. The second-order valence-electron chi connectivity index (χ2n) is 8.04. The zero-order valence-corrected chi connectivity index (χ0v) is 18.6. The summed E-state index contributed by atoms with van der Waals surface area (Å²) in [4.78, 5) is 4.45. The van der Waals surface area contributed by atoms with Crippen LogP contribution in [0.2, 0.25) is 0 Å². The van der Waals surface area contributed by atoms with E-state index in [1.165, 1.54) is 0 Å². The zero-order valence-electron chi connectivity index (χ0n) is 18.6. The molecule has 0 radical (unpaired) electrons. The smallest absolute Gasteiger partial charge is 0.245 e. The molecule has 33 heavy (non-hydrogen) atoms. The monoisotopic (exact) mass is 447 g/mol. The predicted octanol–water partition coefficient (Wildman–Crippen LogP) is 4.57. The molecule has 1 saturated heterocycles. The molecule has 8 heteroatoms. The number of halogens is 1. The summed E-state index contributed by atoms with van der Waals surface area (Å²) in [5.74, 6) is 1.68. The van der Waals surface area contributed by atoms with E-state index in [0.717, 1.165) is 46.7 Å². The van der Waals surface area contributed by atoms with Crippen LogP contribution >= 0.6 is 0 Å². The third-order valence-electron chi connectivity index (χ3n) is 6.09. The molecule has 2 N–H and O–H groups in total. The van der Waals surface area contributed by atoms with E-state index in [9.17, 15) is 4.39 Å². The number of hydrogen-bond acceptors (Lipinski definition) is 6. The highest BCUT2D eigenvalue weighted by Crippen LogP contribution is 2.35. The van der Waals surface area contributed by atoms with Gasteiger partial charge in [0.1, 0.15) is 17.7 Å². The Morgan fingerprint density at radius 1 is 1.06 bits per heavy atom. The molecule has 1 fully saturated rings. The molecule has 3 heterocycles. The van der Waals surface area contributed by atoms with Crippen molar-refractivity contribution >= 4 is 17.2 Å². The van der Waals surface area contributed by atoms with Gasteiger partial charge in [-0.3, -0.25) is 0 Å². The molecule has 7 nitrogen and oxygen atoms in total. The van der Waals surface area contributed by atoms with Crippen LogP contribution in [-0.2, 0) is 0 Å². The normalized spacial score (nSPS) is 18.3. The first-order valence-electron chi connectivity index (χ1n) is 11.0. The number of piperidine rings is 1. The van der Waals surface area contributed by atoms with E-state index in [1.54, 1.807) is 20.4 Å². The van der Waals surface area contributed by atoms with Gasteiger partial charge in [0.05, 0.1) is 37.3 Å². The topological polar surface area (TPSA) is 72.7 Å². The molecule has 0 amide bonds. The summed E-state index contributed by atoms with van der Waals surface area (Å²) in [5.41, 5.74) is 4.36. The number of fused-ring (bicyclic) bond motifs is 1. The van der Waals surface area contributed by atoms with E-state index in [4.69, 9.17) is 14.6 Å². The highest BCUT2D eigenvalue weighted by atomic mass is 19.1. The largest absolute Gasteiger partial charge is 0.496 e. The lowest BCUT2D eigenvalue weighted by atomic mass is 9.88. The van der Waals surface area contributed by atoms with Gasteiger partial charge in [0.25, 0.3) is 0 Å². The van der Waals surface area contributed by atoms with Gasteiger partial charge < -0.3 is 20.1 Å². The number of alkyl halides is 1. The van der Waals surface area contributed by atoms with Crippen LogP contribution < -0.4 is 20.1 Å². The molecule has 2 atom stereocenters. The fraction of sp³-hybridized carbons (Fsp3) is 0.280. The maximum Gasteiger partial charge on any atom is 0.245 e. The van der Waals surface area contributed by atoms with Crippen LogP contribution in [-0.4, -0.2) is 48.1 Å². The number of para-hydroxylation sites is 1. The SMILES string of the molecule is COc1cc([C@@H]2CCNC[C@H]2F)ccc1Nc1ncc2ccc(-c3ccccc3OC)n2n1. The number of hydrogen-bond donors (Lipinski definition) is 2. The minimum atomic E-state index is -0.907. The average Bonchev–Trinajstić information content (AvgIpc) is 3.27. The van der Waals surface area contributed by atoms with E-state index in [-0.39, 0.29) is 5.92 Å². The molecule has 2 aromatic heterocycles. The van der Waals surface area contributed by atoms with Crippen LogP contribution in [0.1, 0.15) is 17.9 Å². The third kappa shape index (κ3) is 4.09. The van der Waals surface area contributed by atoms with Crippen LogP contribution in [0, 0.1) is 0 Å². The van der Waals surface area contributed by atoms with Gasteiger partial charge in [0, 0.05) is 18.0 Å². The summed E-state index contributed by atoms with van der Waals surface area (Å²) in [6.07, 6.45) is 1.61. The Labute approximate surface area is 191 Å². The molecule has 0 bridgehead atoms. The third-order valence-corrected chi connectivity index (χ3v) is 6.09. The molecule has 5 rings (SSSR count). The van der Waals surface area contributed by atoms with Crippen LogP contribution in [0.3, 0.4) is 0 Å². The number of methoxy groups -OCH3 is 2. The van der Waals surface area contributed by atoms with Gasteiger partial charge in [-0.25, -0.2) is 13.9 Å². The molecule has 0 saturated carbocycles. The van der Waals surface area contributed by atoms with Crippen LogP contribution in [0.15, 0.2) is 60.8 Å². The van der Waals surface area contributed by atoms with Gasteiger partial charge in [0.2, 0.25) is 5.95 Å². The molecular weight excluding hydrogens is 421 g/mol. The Morgan fingerprint density at radius 2 is 1.91 bits per heavy atom. The van der Waals surface area contributed by atoms with Crippen molar-refractivity contribution in [3.63, 3.8) is 0 Å². The summed E-state index contributed by atoms with van der Waals surface area (Å²) in [6.45, 7) is 1.19. The number of benzene rings is 2. The molecule has 0 spiro atoms. The maximum absolute atomic E-state index is 14.4. The average molecular weight is 448 g/mol. The minimum Gasteiger partial charge on any atom is -0.496 e. The first-order chi connectivity index (χ1) is 16.2. The van der Waals surface area contributed by atoms with Crippen LogP contribution in [0.5, 0.6) is 11.5 Å². The number of anilines is 2. The van der Waals surface area contributed by atoms with E-state index >= 15 is 0 Å². The van der Waals surface area contributed by atoms with Gasteiger partial charge >= 0.3 is 0 Å². The lowest BCUT2D eigenvalue weighted by molar-refractivity contribution is 0.231. The second-order valence-corrected chi connectivity index (χ2v) is 8.04. The van der Waals surface area contributed by atoms with Crippen molar-refractivity contribution in [1.82, 2.24) is 19.9 Å². The minimum absolute atomic E-state index is 0.134. The quantitative estimate of drug-likeness (QED) is 0.451. The van der Waals surface area contributed by atoms with E-state index in [1.807, 2.05) is 59.1 Å². The molecule has 2 aromatic carbocycles. The highest BCUT2D eigenvalue weighted by Gasteiger charge is 2.26. The number of nitrogens with one attached hydrogen (secondary N) is 2. The molecule has 1 aliphatic heterocycles. The van der Waals surface area contributed by atoms with Gasteiger partial charge in [-0.05, 0) is 54.9 Å². The second kappa shape index (κ2) is 9.07. The van der Waals surface area contributed by atoms with Gasteiger partial charge in [-0.2, -0.15) is 0 Å². The maximum atomic E-state index is 14.4. The summed E-state index contributed by atoms with van der Waals surface area (Å²) in [6, 6.07) is 17.5. The fourth-order valence-corrected chi connectivity index (χ4v) is 4.38. The summed E-state index contributed by atoms with van der Waals surface area (Å²) in [7, 11) is 3.26. The standard InChI is InChI=1S/C25H26FN5O2/c1-32-23-6-4-3-5-19(23)22-10-8-17-14-28-25(30-31(17)22)29-21-9-7-16(13-24(21)33-2)18-11-12-27-15-20(18)26/h3-10,13-14,18,20,27H,11-12,15H2,1-2H3,(H,29,30)/t18-,20+/m0/s1. The first kappa shape index (κ1) is 21.2. The Kier molecular flexibility index (Phi) is 5.83. The number of nitrogens with zero attached hydrogens (tertiary/aromatic N) is 3. The van der Waals surface area contributed by atoms with Crippen molar-refractivity contribution < 1.29 is 13.9 Å². The van der Waals surface area contributed by atoms with Crippen molar-refractivity contribution in [2.45, 2.75) is 18.5 Å². The number of ether oxygens (including phenoxy) is 2. The molecule has 0 aliphatic carbocycles. The molecular formula is C25H26FN5O2. The number of aromatic nitrogens is 3.